The van der Waals surface area contributed by atoms with Crippen molar-refractivity contribution in [1.82, 2.24) is 20.9 Å². The highest BCUT2D eigenvalue weighted by Crippen LogP contribution is 2.49. The first-order valence-corrected chi connectivity index (χ1v) is 35.1. The second kappa shape index (κ2) is 36.8. The molecule has 524 valence electrons. The third-order valence-electron chi connectivity index (χ3n) is 17.0. The Labute approximate surface area is 576 Å². The second-order valence-corrected chi connectivity index (χ2v) is 28.4. The minimum atomic E-state index is -1.87. The Morgan fingerprint density at radius 2 is 1.54 bits per heavy atom. The first kappa shape index (κ1) is 76.7. The molecule has 0 saturated carbocycles. The van der Waals surface area contributed by atoms with Crippen LogP contribution in [0.1, 0.15) is 109 Å². The normalized spacial score (nSPS) is 22.9. The zero-order chi connectivity index (χ0) is 69.6. The van der Waals surface area contributed by atoms with Gasteiger partial charge in [0.1, 0.15) is 40.7 Å². The third kappa shape index (κ3) is 22.2. The number of carbonyl (C=O) groups excluding carboxylic acids is 7. The van der Waals surface area contributed by atoms with Gasteiger partial charge in [-0.25, -0.2) is 9.59 Å². The van der Waals surface area contributed by atoms with E-state index in [0.717, 1.165) is 27.8 Å². The summed E-state index contributed by atoms with van der Waals surface area (Å²) in [5.74, 6) is 4.68. The predicted octanol–water partition coefficient (Wildman–Crippen LogP) is 7.87. The van der Waals surface area contributed by atoms with E-state index >= 15 is 0 Å². The monoisotopic (exact) mass is 1390 g/mol. The molecule has 0 aliphatic carbocycles. The van der Waals surface area contributed by atoms with Crippen molar-refractivity contribution < 1.29 is 81.3 Å². The molecule has 0 aromatic heterocycles. The number of alkyl carbamates (subject to hydrolysis) is 1. The van der Waals surface area contributed by atoms with E-state index in [1.807, 2.05) is 75.4 Å². The Hall–Kier alpha value is -6.70. The largest absolute Gasteiger partial charge is 0.495 e. The van der Waals surface area contributed by atoms with Gasteiger partial charge < -0.3 is 73.1 Å². The number of esters is 1. The topological polar surface area (TPSA) is 272 Å². The van der Waals surface area contributed by atoms with E-state index in [0.29, 0.717) is 115 Å². The SMILES string of the molecule is COc1cc2cc(c1Cl)N(C)C(=O)C[C@H](OC(=O)[C@H](C)N(C)C(=O)CC(C)(C)SSCCCC(=O)NCCOCCOCCOCCOCCCC(=O)NCC(=O)N1Cc3ccccc3C#Cc3ccccc31)[C@]1(C)O[C@H]1[C@H](C)[C@@H]1C[C@@](O)(NC(=O)O1)[C@H](OC)/C=C/C=C(\C)C2. The molecule has 8 atom stereocenters. The fourth-order valence-corrected chi connectivity index (χ4v) is 14.1. The molecule has 4 bridgehead atoms. The number of amides is 6. The molecule has 23 nitrogen and oxygen atoms in total. The van der Waals surface area contributed by atoms with Crippen LogP contribution in [0.25, 0.3) is 0 Å². The van der Waals surface area contributed by atoms with Crippen LogP contribution in [0.4, 0.5) is 16.2 Å². The van der Waals surface area contributed by atoms with Crippen molar-refractivity contribution in [2.45, 2.75) is 146 Å². The number of carbonyl (C=O) groups is 7. The van der Waals surface area contributed by atoms with E-state index < -0.39 is 70.4 Å². The van der Waals surface area contributed by atoms with Gasteiger partial charge in [-0.3, -0.25) is 29.3 Å². The van der Waals surface area contributed by atoms with Crippen LogP contribution in [0, 0.1) is 17.8 Å². The summed E-state index contributed by atoms with van der Waals surface area (Å²) in [5, 5.41) is 20.2. The zero-order valence-corrected chi connectivity index (χ0v) is 59.0. The van der Waals surface area contributed by atoms with Gasteiger partial charge in [-0.2, -0.15) is 0 Å². The molecule has 4 N–H and O–H groups in total. The molecule has 3 aromatic rings. The second-order valence-electron chi connectivity index (χ2n) is 24.9. The molecule has 96 heavy (non-hydrogen) atoms. The van der Waals surface area contributed by atoms with Crippen LogP contribution in [0.15, 0.2) is 84.5 Å². The summed E-state index contributed by atoms with van der Waals surface area (Å²) >= 11 is 6.85. The number of ether oxygens (including phenoxy) is 9. The molecule has 6 amide bonds. The number of methoxy groups -OCH3 is 2. The molecule has 2 saturated heterocycles. The number of epoxide rings is 1. The number of hydrogen-bond acceptors (Lipinski definition) is 19. The number of halogens is 1. The van der Waals surface area contributed by atoms with Crippen molar-refractivity contribution in [2.24, 2.45) is 5.92 Å². The molecule has 2 fully saturated rings. The molecule has 4 aliphatic rings. The van der Waals surface area contributed by atoms with E-state index in [-0.39, 0.29) is 60.9 Å². The number of nitrogens with one attached hydrogen (secondary N) is 3. The van der Waals surface area contributed by atoms with Crippen LogP contribution in [0.3, 0.4) is 0 Å². The standard InChI is InChI=1S/C70H93ClN6O17S2/c1-46-18-15-23-57(87-10)70(85)42-56(92-67(84)74-70)47(2)65-69(6,94-65)58(41-61(80)76(8)54-39-49(38-46)40-55(86-9)64(54)71)93-66(83)48(3)75(7)62(81)43-68(4,5)96-95-37-17-25-59(78)72-28-30-89-32-34-91-36-35-90-33-31-88-29-16-24-60(79)73-44-63(82)77-45-52-21-12-11-19-50(52)26-27-51-20-13-14-22-53(51)77/h11-15,18-23,39-40,47-48,56-58,65,85H,16-17,24-25,28-38,41-45H2,1-10H3,(H,72,78)(H,73,79)(H,74,84)/b23-15+,46-18+/t47-,48+,56+,57-,58+,65+,69+,70+/m1/s1. The summed E-state index contributed by atoms with van der Waals surface area (Å²) in [6, 6.07) is 17.7. The Kier molecular flexibility index (Phi) is 29.4. The number of allylic oxidation sites excluding steroid dienone is 3. The van der Waals surface area contributed by atoms with Crippen LogP contribution >= 0.6 is 33.2 Å². The molecule has 0 unspecified atom stereocenters. The lowest BCUT2D eigenvalue weighted by Gasteiger charge is -2.42. The van der Waals surface area contributed by atoms with Crippen molar-refractivity contribution in [3.63, 3.8) is 0 Å². The Balaban J connectivity index is 0.742. The van der Waals surface area contributed by atoms with Crippen LogP contribution in [0.5, 0.6) is 5.75 Å². The number of aliphatic hydroxyl groups is 1. The average Bonchev–Trinajstić information content (AvgIpc) is 1.57. The number of para-hydroxylation sites is 1. The summed E-state index contributed by atoms with van der Waals surface area (Å²) < 4.78 is 51.4. The van der Waals surface area contributed by atoms with E-state index in [1.54, 1.807) is 67.8 Å². The van der Waals surface area contributed by atoms with Crippen molar-refractivity contribution in [3.8, 4) is 17.6 Å². The summed E-state index contributed by atoms with van der Waals surface area (Å²) in [6.45, 7) is 14.3. The third-order valence-corrected chi connectivity index (χ3v) is 20.8. The molecule has 4 aliphatic heterocycles. The smallest absolute Gasteiger partial charge is 0.409 e. The van der Waals surface area contributed by atoms with Crippen molar-refractivity contribution >= 4 is 86.2 Å². The molecule has 0 spiro atoms. The summed E-state index contributed by atoms with van der Waals surface area (Å²) in [4.78, 5) is 98.5. The lowest BCUT2D eigenvalue weighted by atomic mass is 9.83. The number of likely N-dealkylation sites (N-methyl/N-ethyl adjacent to an activating group) is 1. The fourth-order valence-electron chi connectivity index (χ4n) is 11.2. The molecule has 4 heterocycles. The number of benzene rings is 3. The molecular formula is C70H93ClN6O17S2. The fraction of sp³-hybridized carbons (Fsp3) is 0.557. The van der Waals surface area contributed by atoms with E-state index in [1.165, 1.54) is 41.9 Å². The van der Waals surface area contributed by atoms with E-state index in [9.17, 15) is 38.7 Å². The zero-order valence-electron chi connectivity index (χ0n) is 56.6. The van der Waals surface area contributed by atoms with E-state index in [4.69, 9.17) is 54.2 Å². The molecule has 7 rings (SSSR count). The summed E-state index contributed by atoms with van der Waals surface area (Å²) in [5.41, 5.74) is 2.15. The minimum Gasteiger partial charge on any atom is -0.495 e. The number of nitrogens with zero attached hydrogens (tertiary/aromatic N) is 3. The van der Waals surface area contributed by atoms with Crippen molar-refractivity contribution in [1.29, 1.82) is 0 Å². The molecule has 26 heteroatoms. The average molecular weight is 1390 g/mol. The Bertz CT molecular complexity index is 3330. The lowest BCUT2D eigenvalue weighted by Crippen LogP contribution is -2.63. The van der Waals surface area contributed by atoms with Crippen LogP contribution in [-0.2, 0) is 79.6 Å². The van der Waals surface area contributed by atoms with Gasteiger partial charge in [0.05, 0.1) is 90.3 Å². The maximum Gasteiger partial charge on any atom is 0.409 e. The van der Waals surface area contributed by atoms with Gasteiger partial charge in [0.25, 0.3) is 0 Å². The highest BCUT2D eigenvalue weighted by Gasteiger charge is 2.64. The first-order valence-electron chi connectivity index (χ1n) is 32.4. The summed E-state index contributed by atoms with van der Waals surface area (Å²) in [7, 11) is 9.06. The maximum atomic E-state index is 14.4. The van der Waals surface area contributed by atoms with Gasteiger partial charge in [-0.05, 0) is 95.3 Å². The van der Waals surface area contributed by atoms with Crippen LogP contribution in [0.2, 0.25) is 5.02 Å². The van der Waals surface area contributed by atoms with Gasteiger partial charge in [0.2, 0.25) is 29.5 Å². The summed E-state index contributed by atoms with van der Waals surface area (Å²) in [6.07, 6.45) is 2.26. The van der Waals surface area contributed by atoms with E-state index in [2.05, 4.69) is 27.8 Å². The Morgan fingerprint density at radius 1 is 0.896 bits per heavy atom. The molecular weight excluding hydrogens is 1300 g/mol. The van der Waals surface area contributed by atoms with Gasteiger partial charge in [0, 0.05) is 87.6 Å². The van der Waals surface area contributed by atoms with Crippen molar-refractivity contribution in [3.05, 3.63) is 112 Å². The van der Waals surface area contributed by atoms with Gasteiger partial charge >= 0.3 is 12.1 Å². The van der Waals surface area contributed by atoms with Crippen molar-refractivity contribution in [2.75, 3.05) is 110 Å². The molecule has 3 aromatic carbocycles. The first-order chi connectivity index (χ1) is 45.9. The predicted molar refractivity (Wildman–Crippen MR) is 368 cm³/mol. The quantitative estimate of drug-likeness (QED) is 0.0157. The van der Waals surface area contributed by atoms with Crippen LogP contribution < -0.4 is 30.5 Å². The maximum absolute atomic E-state index is 14.4. The highest BCUT2D eigenvalue weighted by molar-refractivity contribution is 8.77. The number of rotatable bonds is 31. The highest BCUT2D eigenvalue weighted by atomic mass is 35.5. The molecule has 0 radical (unpaired) electrons. The number of fused-ring (bicyclic) bond motifs is 7. The number of hydrogen-bond donors (Lipinski definition) is 4. The van der Waals surface area contributed by atoms with Gasteiger partial charge in [0.15, 0.2) is 5.72 Å². The minimum absolute atomic E-state index is 0.0739. The van der Waals surface area contributed by atoms with Gasteiger partial charge in [-0.15, -0.1) is 0 Å². The van der Waals surface area contributed by atoms with Crippen LogP contribution in [-0.4, -0.2) is 198 Å². The Morgan fingerprint density at radius 3 is 2.25 bits per heavy atom. The number of anilines is 2. The van der Waals surface area contributed by atoms with Gasteiger partial charge in [-0.1, -0.05) is 106 Å². The lowest BCUT2D eigenvalue weighted by molar-refractivity contribution is -0.162.